The molecule has 1 aromatic rings. The van der Waals surface area contributed by atoms with Gasteiger partial charge in [-0.25, -0.2) is 4.98 Å². The van der Waals surface area contributed by atoms with Crippen molar-refractivity contribution in [3.63, 3.8) is 0 Å². The minimum Gasteiger partial charge on any atom is -0.474 e. The van der Waals surface area contributed by atoms with Crippen LogP contribution in [-0.4, -0.2) is 11.1 Å². The maximum atomic E-state index is 6.02. The van der Waals surface area contributed by atoms with Gasteiger partial charge >= 0.3 is 0 Å². The molecule has 0 radical (unpaired) electrons. The maximum Gasteiger partial charge on any atom is 0.214 e. The predicted octanol–water partition coefficient (Wildman–Crippen LogP) is 2.81. The van der Waals surface area contributed by atoms with Crippen molar-refractivity contribution in [3.8, 4) is 5.88 Å². The Morgan fingerprint density at radius 3 is 2.82 bits per heavy atom. The Bertz CT molecular complexity index is 378. The fraction of sp³-hybridized carbons (Fsp3) is 0.643. The van der Waals surface area contributed by atoms with Crippen molar-refractivity contribution in [3.05, 3.63) is 23.4 Å². The van der Waals surface area contributed by atoms with Gasteiger partial charge in [-0.05, 0) is 43.7 Å². The lowest BCUT2D eigenvalue weighted by Crippen LogP contribution is -2.28. The Balaban J connectivity index is 2.09. The highest BCUT2D eigenvalue weighted by Gasteiger charge is 2.23. The molecule has 0 saturated heterocycles. The molecular weight excluding hydrogens is 212 g/mol. The molecular formula is C14H22N2O. The summed E-state index contributed by atoms with van der Waals surface area (Å²) in [6.07, 6.45) is 5.33. The van der Waals surface area contributed by atoms with Gasteiger partial charge in [0, 0.05) is 18.3 Å². The summed E-state index contributed by atoms with van der Waals surface area (Å²) in [5, 5.41) is 0. The molecule has 1 aliphatic rings. The van der Waals surface area contributed by atoms with Gasteiger partial charge in [-0.15, -0.1) is 0 Å². The van der Waals surface area contributed by atoms with Crippen LogP contribution in [0.4, 0.5) is 0 Å². The lowest BCUT2D eigenvalue weighted by molar-refractivity contribution is 0.0973. The molecule has 1 heterocycles. The topological polar surface area (TPSA) is 48.1 Å². The van der Waals surface area contributed by atoms with Crippen molar-refractivity contribution in [2.45, 2.75) is 52.2 Å². The van der Waals surface area contributed by atoms with Crippen molar-refractivity contribution in [1.82, 2.24) is 4.98 Å². The first-order chi connectivity index (χ1) is 8.19. The van der Waals surface area contributed by atoms with Crippen LogP contribution in [0.15, 0.2) is 12.1 Å². The highest BCUT2D eigenvalue weighted by molar-refractivity contribution is 5.24. The maximum absolute atomic E-state index is 6.02. The molecule has 0 amide bonds. The van der Waals surface area contributed by atoms with Gasteiger partial charge in [0.15, 0.2) is 0 Å². The van der Waals surface area contributed by atoms with E-state index in [1.165, 1.54) is 19.3 Å². The number of nitrogens with zero attached hydrogens (tertiary/aromatic N) is 1. The third kappa shape index (κ3) is 3.19. The normalized spacial score (nSPS) is 24.6. The van der Waals surface area contributed by atoms with E-state index >= 15 is 0 Å². The number of hydrogen-bond donors (Lipinski definition) is 1. The van der Waals surface area contributed by atoms with Crippen molar-refractivity contribution in [2.75, 3.05) is 0 Å². The van der Waals surface area contributed by atoms with Crippen molar-refractivity contribution >= 4 is 0 Å². The molecule has 2 N–H and O–H groups in total. The summed E-state index contributed by atoms with van der Waals surface area (Å²) >= 11 is 0. The van der Waals surface area contributed by atoms with Gasteiger partial charge in [-0.1, -0.05) is 13.3 Å². The number of nitrogens with two attached hydrogens (primary N) is 1. The molecule has 3 nitrogen and oxygen atoms in total. The summed E-state index contributed by atoms with van der Waals surface area (Å²) in [7, 11) is 0. The van der Waals surface area contributed by atoms with E-state index in [2.05, 4.69) is 11.9 Å². The summed E-state index contributed by atoms with van der Waals surface area (Å²) in [5.41, 5.74) is 7.74. The van der Waals surface area contributed by atoms with Gasteiger partial charge in [0.25, 0.3) is 0 Å². The molecule has 0 bridgehead atoms. The van der Waals surface area contributed by atoms with E-state index < -0.39 is 0 Å². The van der Waals surface area contributed by atoms with Gasteiger partial charge in [0.1, 0.15) is 6.10 Å². The van der Waals surface area contributed by atoms with Crippen LogP contribution < -0.4 is 10.5 Å². The standard InChI is InChI=1S/C14H22N2O/c1-10-5-3-4-6-13(10)17-14-8-12(9-15)7-11(2)16-14/h7-8,10,13H,3-6,9,15H2,1-2H3. The Kier molecular flexibility index (Phi) is 4.00. The number of aromatic nitrogens is 1. The molecule has 17 heavy (non-hydrogen) atoms. The van der Waals surface area contributed by atoms with E-state index in [1.54, 1.807) is 0 Å². The summed E-state index contributed by atoms with van der Waals surface area (Å²) in [6.45, 7) is 4.79. The van der Waals surface area contributed by atoms with Gasteiger partial charge < -0.3 is 10.5 Å². The second-order valence-corrected chi connectivity index (χ2v) is 5.08. The van der Waals surface area contributed by atoms with Crippen LogP contribution in [0.25, 0.3) is 0 Å². The Morgan fingerprint density at radius 2 is 2.12 bits per heavy atom. The number of pyridine rings is 1. The smallest absolute Gasteiger partial charge is 0.214 e. The third-order valence-electron chi connectivity index (χ3n) is 3.53. The zero-order valence-corrected chi connectivity index (χ0v) is 10.8. The van der Waals surface area contributed by atoms with E-state index in [-0.39, 0.29) is 0 Å². The zero-order valence-electron chi connectivity index (χ0n) is 10.8. The zero-order chi connectivity index (χ0) is 12.3. The molecule has 3 heteroatoms. The predicted molar refractivity (Wildman–Crippen MR) is 68.9 cm³/mol. The lowest BCUT2D eigenvalue weighted by Gasteiger charge is -2.29. The van der Waals surface area contributed by atoms with Crippen LogP contribution in [0.2, 0.25) is 0 Å². The van der Waals surface area contributed by atoms with Crippen molar-refractivity contribution in [2.24, 2.45) is 11.7 Å². The van der Waals surface area contributed by atoms with E-state index in [0.29, 0.717) is 18.6 Å². The van der Waals surface area contributed by atoms with Gasteiger partial charge in [-0.3, -0.25) is 0 Å². The van der Waals surface area contributed by atoms with Crippen molar-refractivity contribution < 1.29 is 4.74 Å². The first kappa shape index (κ1) is 12.4. The van der Waals surface area contributed by atoms with Crippen LogP contribution in [0.5, 0.6) is 5.88 Å². The number of hydrogen-bond acceptors (Lipinski definition) is 3. The number of ether oxygens (including phenoxy) is 1. The third-order valence-corrected chi connectivity index (χ3v) is 3.53. The molecule has 1 fully saturated rings. The molecule has 1 aromatic heterocycles. The molecule has 94 valence electrons. The van der Waals surface area contributed by atoms with Gasteiger partial charge in [-0.2, -0.15) is 0 Å². The Labute approximate surface area is 103 Å². The lowest BCUT2D eigenvalue weighted by atomic mass is 9.88. The Hall–Kier alpha value is -1.09. The fourth-order valence-corrected chi connectivity index (χ4v) is 2.50. The monoisotopic (exact) mass is 234 g/mol. The fourth-order valence-electron chi connectivity index (χ4n) is 2.50. The summed E-state index contributed by atoms with van der Waals surface area (Å²) in [4.78, 5) is 4.43. The average Bonchev–Trinajstić information content (AvgIpc) is 2.31. The highest BCUT2D eigenvalue weighted by atomic mass is 16.5. The summed E-state index contributed by atoms with van der Waals surface area (Å²) in [5.74, 6) is 1.37. The second-order valence-electron chi connectivity index (χ2n) is 5.08. The SMILES string of the molecule is Cc1cc(CN)cc(OC2CCCCC2C)n1. The molecule has 2 unspecified atom stereocenters. The van der Waals surface area contributed by atoms with Crippen LogP contribution in [0.3, 0.4) is 0 Å². The van der Waals surface area contributed by atoms with Gasteiger partial charge in [0.05, 0.1) is 0 Å². The molecule has 0 aliphatic heterocycles. The van der Waals surface area contributed by atoms with E-state index in [9.17, 15) is 0 Å². The number of rotatable bonds is 3. The van der Waals surface area contributed by atoms with Crippen LogP contribution in [0, 0.1) is 12.8 Å². The average molecular weight is 234 g/mol. The largest absolute Gasteiger partial charge is 0.474 e. The molecule has 2 atom stereocenters. The second kappa shape index (κ2) is 5.50. The van der Waals surface area contributed by atoms with E-state index in [1.807, 2.05) is 19.1 Å². The molecule has 2 rings (SSSR count). The molecule has 0 spiro atoms. The summed E-state index contributed by atoms with van der Waals surface area (Å²) in [6, 6.07) is 3.98. The molecule has 0 aromatic carbocycles. The summed E-state index contributed by atoms with van der Waals surface area (Å²) < 4.78 is 6.02. The first-order valence-electron chi connectivity index (χ1n) is 6.53. The molecule has 1 aliphatic carbocycles. The van der Waals surface area contributed by atoms with Crippen molar-refractivity contribution in [1.29, 1.82) is 0 Å². The van der Waals surface area contributed by atoms with Gasteiger partial charge in [0.2, 0.25) is 5.88 Å². The molecule has 1 saturated carbocycles. The minimum absolute atomic E-state index is 0.323. The minimum atomic E-state index is 0.323. The first-order valence-corrected chi connectivity index (χ1v) is 6.53. The van der Waals surface area contributed by atoms with Crippen LogP contribution in [0.1, 0.15) is 43.9 Å². The van der Waals surface area contributed by atoms with Crippen LogP contribution >= 0.6 is 0 Å². The van der Waals surface area contributed by atoms with E-state index in [0.717, 1.165) is 23.6 Å². The van der Waals surface area contributed by atoms with Crippen LogP contribution in [-0.2, 0) is 6.54 Å². The highest BCUT2D eigenvalue weighted by Crippen LogP contribution is 2.27. The van der Waals surface area contributed by atoms with E-state index in [4.69, 9.17) is 10.5 Å². The Morgan fingerprint density at radius 1 is 1.35 bits per heavy atom. The quantitative estimate of drug-likeness (QED) is 0.874. The number of aryl methyl sites for hydroxylation is 1.